The second-order valence-electron chi connectivity index (χ2n) is 9.09. The zero-order chi connectivity index (χ0) is 24.3. The molecule has 2 aromatic carbocycles. The number of carbonyl (C=O) groups is 1. The third kappa shape index (κ3) is 3.70. The summed E-state index contributed by atoms with van der Waals surface area (Å²) in [4.78, 5) is 30.0. The van der Waals surface area contributed by atoms with Gasteiger partial charge in [0.15, 0.2) is 0 Å². The van der Waals surface area contributed by atoms with E-state index in [9.17, 15) is 14.0 Å². The van der Waals surface area contributed by atoms with Gasteiger partial charge in [-0.2, -0.15) is 0 Å². The van der Waals surface area contributed by atoms with Gasteiger partial charge in [-0.15, -0.1) is 0 Å². The first kappa shape index (κ1) is 22.2. The maximum absolute atomic E-state index is 14.8. The number of para-hydroxylation sites is 1. The van der Waals surface area contributed by atoms with Gasteiger partial charge in [0.05, 0.1) is 10.6 Å². The van der Waals surface area contributed by atoms with Crippen molar-refractivity contribution in [1.29, 1.82) is 0 Å². The number of nitrogens with one attached hydrogen (secondary N) is 2. The zero-order valence-electron chi connectivity index (χ0n) is 18.5. The van der Waals surface area contributed by atoms with Gasteiger partial charge in [0.2, 0.25) is 0 Å². The molecule has 0 radical (unpaired) electrons. The second kappa shape index (κ2) is 8.43. The van der Waals surface area contributed by atoms with Gasteiger partial charge in [0.1, 0.15) is 16.5 Å². The summed E-state index contributed by atoms with van der Waals surface area (Å²) in [5.41, 5.74) is 3.74. The Balaban J connectivity index is 1.29. The molecule has 4 aromatic rings. The Morgan fingerprint density at radius 1 is 1.14 bits per heavy atom. The van der Waals surface area contributed by atoms with Crippen LogP contribution >= 0.6 is 23.2 Å². The smallest absolute Gasteiger partial charge is 0.272 e. The average molecular weight is 511 g/mol. The molecule has 0 aliphatic carbocycles. The molecule has 1 fully saturated rings. The number of aromatic nitrogens is 2. The normalized spacial score (nSPS) is 18.9. The predicted octanol–water partition coefficient (Wildman–Crippen LogP) is 5.09. The summed E-state index contributed by atoms with van der Waals surface area (Å²) >= 11 is 12.5. The van der Waals surface area contributed by atoms with Crippen LogP contribution in [0, 0.1) is 5.82 Å². The molecule has 35 heavy (non-hydrogen) atoms. The van der Waals surface area contributed by atoms with E-state index in [4.69, 9.17) is 23.2 Å². The van der Waals surface area contributed by atoms with Crippen molar-refractivity contribution in [2.24, 2.45) is 0 Å². The third-order valence-corrected chi connectivity index (χ3v) is 7.79. The Morgan fingerprint density at radius 3 is 2.83 bits per heavy atom. The minimum absolute atomic E-state index is 0.0393. The standard InChI is InChI=1S/C26H21Cl2FN4O2/c27-19-11-23-25(34)30-12-15(33(23)24(19)28)9-14-5-6-20(29)17(10-14)26(35)32-8-7-22-18(13-32)16-3-1-2-4-21(16)31-22/h1-6,10-12,18,22,31H,7-9,13H2,(H,30,34). The van der Waals surface area contributed by atoms with Crippen molar-refractivity contribution in [3.05, 3.63) is 103 Å². The van der Waals surface area contributed by atoms with Gasteiger partial charge < -0.3 is 15.2 Å². The number of hydrogen-bond donors (Lipinski definition) is 2. The molecule has 178 valence electrons. The first-order chi connectivity index (χ1) is 16.9. The van der Waals surface area contributed by atoms with Crippen molar-refractivity contribution >= 4 is 40.3 Å². The number of aromatic amines is 1. The molecule has 2 atom stereocenters. The summed E-state index contributed by atoms with van der Waals surface area (Å²) < 4.78 is 16.4. The van der Waals surface area contributed by atoms with Gasteiger partial charge in [0, 0.05) is 49.0 Å². The van der Waals surface area contributed by atoms with Crippen LogP contribution in [-0.2, 0) is 6.42 Å². The van der Waals surface area contributed by atoms with Crippen molar-refractivity contribution < 1.29 is 9.18 Å². The van der Waals surface area contributed by atoms with Gasteiger partial charge in [0.25, 0.3) is 11.5 Å². The van der Waals surface area contributed by atoms with Crippen LogP contribution in [0.4, 0.5) is 10.1 Å². The number of amides is 1. The number of H-pyrrole nitrogens is 1. The van der Waals surface area contributed by atoms with Gasteiger partial charge in [-0.25, -0.2) is 4.39 Å². The maximum atomic E-state index is 14.8. The highest BCUT2D eigenvalue weighted by molar-refractivity contribution is 6.42. The molecule has 2 unspecified atom stereocenters. The highest BCUT2D eigenvalue weighted by atomic mass is 35.5. The molecule has 0 saturated carbocycles. The number of fused-ring (bicyclic) bond motifs is 4. The number of likely N-dealkylation sites (tertiary alicyclic amines) is 1. The Hall–Kier alpha value is -3.29. The summed E-state index contributed by atoms with van der Waals surface area (Å²) in [7, 11) is 0. The quantitative estimate of drug-likeness (QED) is 0.403. The maximum Gasteiger partial charge on any atom is 0.272 e. The number of piperidine rings is 1. The number of halogens is 3. The molecule has 6 rings (SSSR count). The molecule has 0 spiro atoms. The van der Waals surface area contributed by atoms with Crippen LogP contribution in [0.2, 0.25) is 10.2 Å². The summed E-state index contributed by atoms with van der Waals surface area (Å²) in [5.74, 6) is -0.689. The number of carbonyl (C=O) groups excluding carboxylic acids is 1. The van der Waals surface area contributed by atoms with E-state index in [2.05, 4.69) is 22.4 Å². The fourth-order valence-electron chi connectivity index (χ4n) is 5.32. The van der Waals surface area contributed by atoms with Gasteiger partial charge >= 0.3 is 0 Å². The molecule has 2 aromatic heterocycles. The van der Waals surface area contributed by atoms with Crippen LogP contribution in [0.3, 0.4) is 0 Å². The minimum Gasteiger partial charge on any atom is -0.381 e. The lowest BCUT2D eigenvalue weighted by Crippen LogP contribution is -2.45. The SMILES string of the molecule is O=C(c1cc(Cc2c[nH]c(=O)c3cc(Cl)c(Cl)n23)ccc1F)N1CCC2Nc3ccccc3C2C1. The number of hydrogen-bond acceptors (Lipinski definition) is 3. The van der Waals surface area contributed by atoms with Crippen molar-refractivity contribution in [2.75, 3.05) is 18.4 Å². The number of anilines is 1. The summed E-state index contributed by atoms with van der Waals surface area (Å²) in [6.45, 7) is 1.10. The summed E-state index contributed by atoms with van der Waals surface area (Å²) in [6.07, 6.45) is 2.67. The lowest BCUT2D eigenvalue weighted by Gasteiger charge is -2.35. The van der Waals surface area contributed by atoms with Crippen LogP contribution < -0.4 is 10.9 Å². The molecular weight excluding hydrogens is 490 g/mol. The van der Waals surface area contributed by atoms with E-state index in [1.807, 2.05) is 12.1 Å². The molecule has 9 heteroatoms. The van der Waals surface area contributed by atoms with Crippen LogP contribution in [0.1, 0.15) is 39.5 Å². The average Bonchev–Trinajstić information content (AvgIpc) is 3.39. The monoisotopic (exact) mass is 510 g/mol. The van der Waals surface area contributed by atoms with Crippen molar-refractivity contribution in [2.45, 2.75) is 24.8 Å². The Labute approximate surface area is 210 Å². The molecule has 4 heterocycles. The summed E-state index contributed by atoms with van der Waals surface area (Å²) in [5, 5.41) is 4.05. The third-order valence-electron chi connectivity index (χ3n) is 7.04. The molecular formula is C26H21Cl2FN4O2. The Bertz CT molecular complexity index is 1550. The largest absolute Gasteiger partial charge is 0.381 e. The molecule has 2 aliphatic rings. The molecule has 0 bridgehead atoms. The minimum atomic E-state index is -0.556. The molecule has 1 saturated heterocycles. The number of rotatable bonds is 3. The first-order valence-electron chi connectivity index (χ1n) is 11.4. The highest BCUT2D eigenvalue weighted by Gasteiger charge is 2.38. The van der Waals surface area contributed by atoms with Gasteiger partial charge in [-0.3, -0.25) is 14.0 Å². The van der Waals surface area contributed by atoms with Crippen molar-refractivity contribution in [1.82, 2.24) is 14.3 Å². The van der Waals surface area contributed by atoms with E-state index in [1.165, 1.54) is 17.7 Å². The van der Waals surface area contributed by atoms with E-state index < -0.39 is 5.82 Å². The van der Waals surface area contributed by atoms with Crippen LogP contribution in [0.15, 0.2) is 59.5 Å². The van der Waals surface area contributed by atoms with Crippen molar-refractivity contribution in [3.63, 3.8) is 0 Å². The van der Waals surface area contributed by atoms with E-state index in [0.717, 1.165) is 12.1 Å². The lowest BCUT2D eigenvalue weighted by atomic mass is 9.89. The van der Waals surface area contributed by atoms with Crippen LogP contribution in [-0.4, -0.2) is 39.3 Å². The van der Waals surface area contributed by atoms with Crippen LogP contribution in [0.25, 0.3) is 5.52 Å². The van der Waals surface area contributed by atoms with Gasteiger partial charge in [-0.05, 0) is 41.8 Å². The first-order valence-corrected chi connectivity index (χ1v) is 12.2. The topological polar surface area (TPSA) is 69.6 Å². The zero-order valence-corrected chi connectivity index (χ0v) is 20.0. The fourth-order valence-corrected chi connectivity index (χ4v) is 5.77. The Morgan fingerprint density at radius 2 is 1.97 bits per heavy atom. The molecule has 1 amide bonds. The molecule has 2 aliphatic heterocycles. The van der Waals surface area contributed by atoms with E-state index in [-0.39, 0.29) is 39.2 Å². The predicted molar refractivity (Wildman–Crippen MR) is 134 cm³/mol. The second-order valence-corrected chi connectivity index (χ2v) is 9.85. The molecule has 2 N–H and O–H groups in total. The van der Waals surface area contributed by atoms with E-state index in [0.29, 0.717) is 36.3 Å². The lowest BCUT2D eigenvalue weighted by molar-refractivity contribution is 0.0698. The van der Waals surface area contributed by atoms with E-state index in [1.54, 1.807) is 27.6 Å². The summed E-state index contributed by atoms with van der Waals surface area (Å²) in [6, 6.07) is 14.5. The van der Waals surface area contributed by atoms with E-state index >= 15 is 0 Å². The number of nitrogens with zero attached hydrogens (tertiary/aromatic N) is 2. The fraction of sp³-hybridized carbons (Fsp3) is 0.231. The number of benzene rings is 2. The van der Waals surface area contributed by atoms with Crippen LogP contribution in [0.5, 0.6) is 0 Å². The van der Waals surface area contributed by atoms with Crippen molar-refractivity contribution in [3.8, 4) is 0 Å². The van der Waals surface area contributed by atoms with Gasteiger partial charge in [-0.1, -0.05) is 47.5 Å². The Kier molecular flexibility index (Phi) is 5.34. The molecule has 6 nitrogen and oxygen atoms in total. The highest BCUT2D eigenvalue weighted by Crippen LogP contribution is 2.40.